The van der Waals surface area contributed by atoms with Crippen molar-refractivity contribution >= 4 is 105 Å². The Bertz CT molecular complexity index is 1030. The molecule has 0 bridgehead atoms. The second-order valence-electron chi connectivity index (χ2n) is 7.98. The molecule has 15 radical (unpaired) electrons. The molecule has 1 heterocycles. The van der Waals surface area contributed by atoms with Gasteiger partial charge in [0.25, 0.3) is 0 Å². The number of hydrogen-bond acceptors (Lipinski definition) is 1. The van der Waals surface area contributed by atoms with Crippen LogP contribution < -0.4 is 0 Å². The predicted molar refractivity (Wildman–Crippen MR) is 160 cm³/mol. The van der Waals surface area contributed by atoms with Crippen molar-refractivity contribution in [2.45, 2.75) is 6.92 Å². The molecule has 34 heavy (non-hydrogen) atoms. The molecular weight excluding hydrogens is 425 g/mol. The van der Waals surface area contributed by atoms with Crippen molar-refractivity contribution in [1.82, 2.24) is 4.98 Å². The Morgan fingerprint density at radius 3 is 1.76 bits per heavy atom. The van der Waals surface area contributed by atoms with Crippen LogP contribution in [0.3, 0.4) is 0 Å². The molecular formula is C18H13B13ClFN. The van der Waals surface area contributed by atoms with Crippen molar-refractivity contribution in [2.24, 2.45) is 0 Å². The molecule has 3 aromatic rings. The van der Waals surface area contributed by atoms with Crippen molar-refractivity contribution in [3.8, 4) is 22.4 Å². The smallest absolute Gasteiger partial charge is 0.123 e. The summed E-state index contributed by atoms with van der Waals surface area (Å²) in [6.45, 7) is 2.03. The minimum atomic E-state index is -0.695. The lowest BCUT2D eigenvalue weighted by Gasteiger charge is -2.31. The van der Waals surface area contributed by atoms with Gasteiger partial charge in [0.2, 0.25) is 0 Å². The van der Waals surface area contributed by atoms with E-state index in [4.69, 9.17) is 65.8 Å². The van der Waals surface area contributed by atoms with Crippen molar-refractivity contribution in [1.29, 1.82) is 0 Å². The van der Waals surface area contributed by atoms with Crippen molar-refractivity contribution < 1.29 is 4.39 Å². The second-order valence-corrected chi connectivity index (χ2v) is 8.41. The standard InChI is InChI=1S/C18H13ClFN.B13/c1-12-10-18(14-2-6-15(19)7-3-14)21-11-17(12)13-4-8-16(20)9-5-13;1-8-12(9(2)3)13(10(4)5)11(6)7/h2-11H,1H3;. The molecule has 0 amide bonds. The van der Waals surface area contributed by atoms with Crippen LogP contribution in [-0.2, 0) is 0 Å². The van der Waals surface area contributed by atoms with Crippen LogP contribution in [0.4, 0.5) is 4.39 Å². The number of hydrogen-bond donors (Lipinski definition) is 0. The summed E-state index contributed by atoms with van der Waals surface area (Å²) < 4.78 is 13.0. The Labute approximate surface area is 220 Å². The summed E-state index contributed by atoms with van der Waals surface area (Å²) in [5.41, 5.74) is 4.99. The van der Waals surface area contributed by atoms with Gasteiger partial charge in [-0.25, -0.2) is 4.39 Å². The maximum absolute atomic E-state index is 13.0. The monoisotopic (exact) mass is 440 g/mol. The zero-order valence-corrected chi connectivity index (χ0v) is 19.7. The number of pyridine rings is 1. The number of aromatic nitrogens is 1. The van der Waals surface area contributed by atoms with Crippen molar-refractivity contribution in [3.05, 3.63) is 77.2 Å². The molecule has 1 nitrogen and oxygen atoms in total. The second kappa shape index (κ2) is 13.7. The molecule has 0 saturated heterocycles. The number of benzene rings is 2. The third kappa shape index (κ3) is 8.11. The summed E-state index contributed by atoms with van der Waals surface area (Å²) in [7, 11) is 39.5. The van der Waals surface area contributed by atoms with Gasteiger partial charge in [-0.3, -0.25) is 4.98 Å². The highest BCUT2D eigenvalue weighted by molar-refractivity contribution is 8.07. The number of rotatable bonds is 7. The molecule has 16 heteroatoms. The third-order valence-corrected chi connectivity index (χ3v) is 5.66. The number of aryl methyl sites for hydroxylation is 1. The summed E-state index contributed by atoms with van der Waals surface area (Å²) in [6.07, 6.45) is -1.05. The normalized spacial score (nSPS) is 9.85. The number of nitrogens with zero attached hydrogens (tertiary/aromatic N) is 1. The van der Waals surface area contributed by atoms with Crippen LogP contribution in [0.2, 0.25) is 5.02 Å². The Hall–Kier alpha value is -1.35. The van der Waals surface area contributed by atoms with E-state index in [1.165, 1.54) is 19.2 Å². The minimum absolute atomic E-state index is 0.234. The highest BCUT2D eigenvalue weighted by Gasteiger charge is 2.32. The largest absolute Gasteiger partial charge is 0.256 e. The maximum atomic E-state index is 13.0. The molecule has 0 aliphatic rings. The van der Waals surface area contributed by atoms with E-state index < -0.39 is 25.5 Å². The fourth-order valence-corrected chi connectivity index (χ4v) is 3.68. The molecule has 0 unspecified atom stereocenters. The van der Waals surface area contributed by atoms with Gasteiger partial charge in [0.1, 0.15) is 5.82 Å². The maximum Gasteiger partial charge on any atom is 0.123 e. The summed E-state index contributed by atoms with van der Waals surface area (Å²) in [6, 6.07) is 16.1. The van der Waals surface area contributed by atoms with Crippen LogP contribution in [0.15, 0.2) is 60.8 Å². The fourth-order valence-electron chi connectivity index (χ4n) is 3.55. The summed E-state index contributed by atoms with van der Waals surface area (Å²) in [4.78, 5) is 4.50. The molecule has 0 spiro atoms. The first kappa shape index (κ1) is 28.9. The third-order valence-electron chi connectivity index (χ3n) is 5.41. The summed E-state index contributed by atoms with van der Waals surface area (Å²) in [5.74, 6) is -0.234. The van der Waals surface area contributed by atoms with Gasteiger partial charge in [0.05, 0.1) is 5.69 Å². The van der Waals surface area contributed by atoms with E-state index in [1.807, 2.05) is 43.5 Å². The lowest BCUT2D eigenvalue weighted by molar-refractivity contribution is 0.628. The molecule has 1 aromatic heterocycles. The van der Waals surface area contributed by atoms with Gasteiger partial charge in [-0.1, -0.05) is 35.9 Å². The van der Waals surface area contributed by atoms with Gasteiger partial charge in [-0.15, -0.1) is 0 Å². The molecule has 143 valence electrons. The fraction of sp³-hybridized carbons (Fsp3) is 0.0556. The Morgan fingerprint density at radius 1 is 0.824 bits per heavy atom. The van der Waals surface area contributed by atoms with Crippen LogP contribution in [0.5, 0.6) is 0 Å². The van der Waals surface area contributed by atoms with Crippen molar-refractivity contribution in [3.63, 3.8) is 0 Å². The Morgan fingerprint density at radius 2 is 1.35 bits per heavy atom. The molecule has 0 atom stereocenters. The average molecular weight is 438 g/mol. The summed E-state index contributed by atoms with van der Waals surface area (Å²) >= 11 is 5.90. The van der Waals surface area contributed by atoms with Crippen LogP contribution in [0.25, 0.3) is 22.4 Å². The molecule has 0 fully saturated rings. The number of halogens is 2. The van der Waals surface area contributed by atoms with Gasteiger partial charge in [0.15, 0.2) is 0 Å². The highest BCUT2D eigenvalue weighted by Crippen LogP contribution is 2.27. The van der Waals surface area contributed by atoms with Crippen LogP contribution in [0, 0.1) is 12.7 Å². The zero-order valence-electron chi connectivity index (χ0n) is 19.0. The van der Waals surface area contributed by atoms with Gasteiger partial charge >= 0.3 is 0 Å². The SMILES string of the molecule is Cc1cc(-c2ccc(Cl)cc2)ncc1-c1ccc(F)cc1.[B][B]B(B([B])[B])B(B([B])[B])B([B])[B]. The van der Waals surface area contributed by atoms with E-state index in [0.29, 0.717) is 5.02 Å². The van der Waals surface area contributed by atoms with E-state index in [1.54, 1.807) is 12.1 Å². The minimum Gasteiger partial charge on any atom is -0.256 e. The zero-order chi connectivity index (χ0) is 25.4. The summed E-state index contributed by atoms with van der Waals surface area (Å²) in [5, 5.41) is 0.707. The average Bonchev–Trinajstić information content (AvgIpc) is 2.78. The molecule has 0 aliphatic carbocycles. The van der Waals surface area contributed by atoms with E-state index in [0.717, 1.165) is 27.9 Å². The van der Waals surface area contributed by atoms with Gasteiger partial charge < -0.3 is 0 Å². The first-order valence-corrected chi connectivity index (χ1v) is 11.0. The van der Waals surface area contributed by atoms with E-state index in [9.17, 15) is 4.39 Å². The van der Waals surface area contributed by atoms with Crippen molar-refractivity contribution in [2.75, 3.05) is 0 Å². The van der Waals surface area contributed by atoms with Crippen LogP contribution in [-0.4, -0.2) is 98.1 Å². The predicted octanol–water partition coefficient (Wildman–Crippen LogP) is 0.566. The lowest BCUT2D eigenvalue weighted by atomic mass is 8.50. The quantitative estimate of drug-likeness (QED) is 0.492. The van der Waals surface area contributed by atoms with E-state index in [2.05, 4.69) is 4.98 Å². The van der Waals surface area contributed by atoms with E-state index in [-0.39, 0.29) is 12.2 Å². The first-order valence-electron chi connectivity index (χ1n) is 10.6. The van der Waals surface area contributed by atoms with Gasteiger partial charge in [-0.2, -0.15) is 0 Å². The lowest BCUT2D eigenvalue weighted by Crippen LogP contribution is -2.69. The molecule has 0 N–H and O–H groups in total. The topological polar surface area (TPSA) is 12.9 Å². The molecule has 3 rings (SSSR count). The molecule has 0 saturated carbocycles. The van der Waals surface area contributed by atoms with Crippen LogP contribution >= 0.6 is 11.6 Å². The Kier molecular flexibility index (Phi) is 11.6. The first-order chi connectivity index (χ1) is 16.0. The molecule has 0 aliphatic heterocycles. The van der Waals surface area contributed by atoms with Gasteiger partial charge in [0, 0.05) is 115 Å². The van der Waals surface area contributed by atoms with Gasteiger partial charge in [-0.05, 0) is 48.4 Å². The van der Waals surface area contributed by atoms with E-state index >= 15 is 0 Å². The van der Waals surface area contributed by atoms with Crippen LogP contribution in [0.1, 0.15) is 5.56 Å². The highest BCUT2D eigenvalue weighted by atomic mass is 35.5. The molecule has 2 aromatic carbocycles. The Balaban J connectivity index is 0.000000273.